The lowest BCUT2D eigenvalue weighted by Crippen LogP contribution is -2.40. The number of halogens is 1. The van der Waals surface area contributed by atoms with E-state index in [2.05, 4.69) is 28.2 Å². The van der Waals surface area contributed by atoms with Crippen LogP contribution in [0.4, 0.5) is 10.1 Å². The van der Waals surface area contributed by atoms with E-state index in [-0.39, 0.29) is 5.82 Å². The Bertz CT molecular complexity index is 1000. The van der Waals surface area contributed by atoms with Gasteiger partial charge in [0, 0.05) is 34.5 Å². The molecule has 1 saturated heterocycles. The number of thioether (sulfide) groups is 1. The number of rotatable bonds is 11. The highest BCUT2D eigenvalue weighted by molar-refractivity contribution is 7.98. The molecule has 3 rings (SSSR count). The molecule has 1 amide bonds. The SMILES string of the molecule is CC[C@H](NC(=O)c1cc(SC)c(NCN2CC[C@@H](S)C2)cc1CCc1ccc(F)cc1)C(=O)O. The van der Waals surface area contributed by atoms with Crippen molar-refractivity contribution in [3.05, 3.63) is 58.9 Å². The zero-order valence-corrected chi connectivity index (χ0v) is 21.2. The van der Waals surface area contributed by atoms with Crippen LogP contribution in [-0.2, 0) is 17.6 Å². The van der Waals surface area contributed by atoms with Crippen LogP contribution in [0.2, 0.25) is 0 Å². The van der Waals surface area contributed by atoms with Crippen molar-refractivity contribution < 1.29 is 19.1 Å². The number of nitrogens with zero attached hydrogens (tertiary/aromatic N) is 1. The molecule has 0 spiro atoms. The van der Waals surface area contributed by atoms with Gasteiger partial charge in [0.05, 0.1) is 6.67 Å². The zero-order chi connectivity index (χ0) is 24.7. The van der Waals surface area contributed by atoms with E-state index in [0.717, 1.165) is 41.2 Å². The fourth-order valence-electron chi connectivity index (χ4n) is 4.01. The van der Waals surface area contributed by atoms with Gasteiger partial charge in [-0.2, -0.15) is 12.6 Å². The van der Waals surface area contributed by atoms with Crippen molar-refractivity contribution in [3.63, 3.8) is 0 Å². The Morgan fingerprint density at radius 3 is 2.59 bits per heavy atom. The Labute approximate surface area is 210 Å². The molecular weight excluding hydrogens is 473 g/mol. The topological polar surface area (TPSA) is 81.7 Å². The van der Waals surface area contributed by atoms with Crippen LogP contribution >= 0.6 is 24.4 Å². The maximum absolute atomic E-state index is 13.3. The lowest BCUT2D eigenvalue weighted by molar-refractivity contribution is -0.139. The van der Waals surface area contributed by atoms with Gasteiger partial charge in [-0.1, -0.05) is 19.1 Å². The van der Waals surface area contributed by atoms with Gasteiger partial charge in [-0.15, -0.1) is 11.8 Å². The summed E-state index contributed by atoms with van der Waals surface area (Å²) < 4.78 is 13.3. The lowest BCUT2D eigenvalue weighted by atomic mass is 9.98. The Hall–Kier alpha value is -2.23. The molecular formula is C25H32FN3O3S2. The second-order valence-corrected chi connectivity index (χ2v) is 10.0. The van der Waals surface area contributed by atoms with Crippen molar-refractivity contribution in [2.24, 2.45) is 0 Å². The molecule has 9 heteroatoms. The Kier molecular flexibility index (Phi) is 9.67. The van der Waals surface area contributed by atoms with Gasteiger partial charge in [-0.05, 0) is 67.3 Å². The summed E-state index contributed by atoms with van der Waals surface area (Å²) in [5, 5.41) is 15.9. The van der Waals surface area contributed by atoms with E-state index in [1.54, 1.807) is 19.1 Å². The summed E-state index contributed by atoms with van der Waals surface area (Å²) in [5.41, 5.74) is 3.18. The summed E-state index contributed by atoms with van der Waals surface area (Å²) in [5.74, 6) is -1.74. The smallest absolute Gasteiger partial charge is 0.326 e. The van der Waals surface area contributed by atoms with E-state index in [0.29, 0.717) is 36.7 Å². The van der Waals surface area contributed by atoms with E-state index in [9.17, 15) is 19.1 Å². The van der Waals surface area contributed by atoms with E-state index < -0.39 is 17.9 Å². The van der Waals surface area contributed by atoms with Crippen molar-refractivity contribution in [3.8, 4) is 0 Å². The van der Waals surface area contributed by atoms with Gasteiger partial charge in [-0.25, -0.2) is 9.18 Å². The molecule has 0 aliphatic carbocycles. The number of anilines is 1. The summed E-state index contributed by atoms with van der Waals surface area (Å²) in [7, 11) is 0. The number of likely N-dealkylation sites (tertiary alicyclic amines) is 1. The average molecular weight is 506 g/mol. The first-order chi connectivity index (χ1) is 16.3. The van der Waals surface area contributed by atoms with Crippen LogP contribution in [-0.4, -0.2) is 59.2 Å². The first-order valence-electron chi connectivity index (χ1n) is 11.4. The molecule has 2 aromatic rings. The molecule has 3 N–H and O–H groups in total. The largest absolute Gasteiger partial charge is 0.480 e. The van der Waals surface area contributed by atoms with Crippen LogP contribution in [0.3, 0.4) is 0 Å². The molecule has 6 nitrogen and oxygen atoms in total. The molecule has 2 aromatic carbocycles. The number of carbonyl (C=O) groups excluding carboxylic acids is 1. The molecule has 34 heavy (non-hydrogen) atoms. The third kappa shape index (κ3) is 7.13. The van der Waals surface area contributed by atoms with Crippen LogP contribution in [0, 0.1) is 5.82 Å². The zero-order valence-electron chi connectivity index (χ0n) is 19.5. The second kappa shape index (κ2) is 12.5. The molecule has 1 aliphatic heterocycles. The van der Waals surface area contributed by atoms with Crippen LogP contribution in [0.25, 0.3) is 0 Å². The normalized spacial score (nSPS) is 16.9. The summed E-state index contributed by atoms with van der Waals surface area (Å²) in [6, 6.07) is 9.21. The monoisotopic (exact) mass is 505 g/mol. The van der Waals surface area contributed by atoms with E-state index in [1.165, 1.54) is 23.9 Å². The minimum atomic E-state index is -1.06. The number of carboxylic acid groups (broad SMARTS) is 1. The van der Waals surface area contributed by atoms with Gasteiger partial charge >= 0.3 is 5.97 Å². The van der Waals surface area contributed by atoms with Crippen LogP contribution < -0.4 is 10.6 Å². The van der Waals surface area contributed by atoms with Gasteiger partial charge in [0.25, 0.3) is 5.91 Å². The minimum absolute atomic E-state index is 0.288. The van der Waals surface area contributed by atoms with Gasteiger partial charge in [0.1, 0.15) is 11.9 Å². The van der Waals surface area contributed by atoms with Crippen LogP contribution in [0.15, 0.2) is 41.3 Å². The van der Waals surface area contributed by atoms with Crippen molar-refractivity contribution in [2.45, 2.75) is 48.8 Å². The summed E-state index contributed by atoms with van der Waals surface area (Å²) in [6.07, 6.45) is 4.49. The number of nitrogens with one attached hydrogen (secondary N) is 2. The number of thiol groups is 1. The second-order valence-electron chi connectivity index (χ2n) is 8.46. The predicted octanol–water partition coefficient (Wildman–Crippen LogP) is 4.30. The van der Waals surface area contributed by atoms with Gasteiger partial charge in [0.2, 0.25) is 0 Å². The number of amides is 1. The fourth-order valence-corrected chi connectivity index (χ4v) is 4.94. The van der Waals surface area contributed by atoms with E-state index in [1.807, 2.05) is 18.4 Å². The molecule has 1 heterocycles. The molecule has 0 saturated carbocycles. The molecule has 1 fully saturated rings. The number of benzene rings is 2. The maximum Gasteiger partial charge on any atom is 0.326 e. The first kappa shape index (κ1) is 26.4. The Balaban J connectivity index is 1.86. The van der Waals surface area contributed by atoms with Crippen molar-refractivity contribution >= 4 is 42.0 Å². The average Bonchev–Trinajstić information content (AvgIpc) is 3.25. The highest BCUT2D eigenvalue weighted by atomic mass is 32.2. The summed E-state index contributed by atoms with van der Waals surface area (Å²) in [6.45, 7) is 4.32. The van der Waals surface area contributed by atoms with Crippen molar-refractivity contribution in [1.29, 1.82) is 0 Å². The summed E-state index contributed by atoms with van der Waals surface area (Å²) >= 11 is 6.09. The van der Waals surface area contributed by atoms with Crippen LogP contribution in [0.1, 0.15) is 41.3 Å². The molecule has 0 aromatic heterocycles. The molecule has 0 unspecified atom stereocenters. The molecule has 1 aliphatic rings. The van der Waals surface area contributed by atoms with Gasteiger partial charge < -0.3 is 15.7 Å². The lowest BCUT2D eigenvalue weighted by Gasteiger charge is -2.21. The number of carboxylic acids is 1. The Morgan fingerprint density at radius 2 is 2.00 bits per heavy atom. The third-order valence-electron chi connectivity index (χ3n) is 6.02. The third-order valence-corrected chi connectivity index (χ3v) is 7.22. The molecule has 184 valence electrons. The van der Waals surface area contributed by atoms with E-state index in [4.69, 9.17) is 0 Å². The van der Waals surface area contributed by atoms with Crippen LogP contribution in [0.5, 0.6) is 0 Å². The quantitative estimate of drug-likeness (QED) is 0.269. The minimum Gasteiger partial charge on any atom is -0.480 e. The molecule has 2 atom stereocenters. The highest BCUT2D eigenvalue weighted by Gasteiger charge is 2.23. The number of hydrogen-bond donors (Lipinski definition) is 4. The molecule has 0 radical (unpaired) electrons. The fraction of sp³-hybridized carbons (Fsp3) is 0.440. The Morgan fingerprint density at radius 1 is 1.26 bits per heavy atom. The van der Waals surface area contributed by atoms with Crippen molar-refractivity contribution in [1.82, 2.24) is 10.2 Å². The number of aryl methyl sites for hydroxylation is 2. The first-order valence-corrected chi connectivity index (χ1v) is 13.2. The highest BCUT2D eigenvalue weighted by Crippen LogP contribution is 2.30. The standard InChI is InChI=1S/C25H32FN3O3S2/c1-3-21(25(31)32)28-24(30)20-13-23(34-2)22(27-15-29-11-10-19(33)14-29)12-17(20)7-4-16-5-8-18(26)9-6-16/h5-6,8-9,12-13,19,21,27,33H,3-4,7,10-11,14-15H2,1-2H3,(H,28,30)(H,31,32)/t19-,21+/m1/s1. The number of aliphatic carboxylic acids is 1. The van der Waals surface area contributed by atoms with Gasteiger partial charge in [-0.3, -0.25) is 9.69 Å². The van der Waals surface area contributed by atoms with Gasteiger partial charge in [0.15, 0.2) is 0 Å². The van der Waals surface area contributed by atoms with Crippen molar-refractivity contribution in [2.75, 3.05) is 31.3 Å². The predicted molar refractivity (Wildman–Crippen MR) is 139 cm³/mol. The molecule has 0 bridgehead atoms. The number of carbonyl (C=O) groups is 2. The summed E-state index contributed by atoms with van der Waals surface area (Å²) in [4.78, 5) is 27.8. The number of hydrogen-bond acceptors (Lipinski definition) is 6. The maximum atomic E-state index is 13.3. The van der Waals surface area contributed by atoms with E-state index >= 15 is 0 Å².